The van der Waals surface area contributed by atoms with E-state index in [1.165, 1.54) is 11.8 Å². The molecule has 0 saturated carbocycles. The first-order valence-electron chi connectivity index (χ1n) is 5.64. The number of hydrogen-bond donors (Lipinski definition) is 0. The van der Waals surface area contributed by atoms with Crippen LogP contribution < -0.4 is 0 Å². The number of amides is 2. The lowest BCUT2D eigenvalue weighted by Crippen LogP contribution is -2.21. The minimum atomic E-state index is -0.306. The van der Waals surface area contributed by atoms with Crippen LogP contribution in [0.5, 0.6) is 0 Å². The van der Waals surface area contributed by atoms with Gasteiger partial charge >= 0.3 is 0 Å². The second-order valence-corrected chi connectivity index (χ2v) is 4.82. The van der Waals surface area contributed by atoms with E-state index in [0.717, 1.165) is 28.6 Å². The Morgan fingerprint density at radius 2 is 1.94 bits per heavy atom. The first-order valence-corrected chi connectivity index (χ1v) is 6.46. The van der Waals surface area contributed by atoms with E-state index >= 15 is 0 Å². The largest absolute Gasteiger partial charge is 0.297 e. The topological polar surface area (TPSA) is 37.4 Å². The van der Waals surface area contributed by atoms with Crippen LogP contribution in [0, 0.1) is 0 Å². The van der Waals surface area contributed by atoms with Crippen molar-refractivity contribution in [1.82, 2.24) is 4.90 Å². The molecule has 1 aliphatic heterocycles. The Hall–Kier alpha value is -1.81. The molecule has 0 aliphatic carbocycles. The van der Waals surface area contributed by atoms with Crippen molar-refractivity contribution in [1.29, 1.82) is 0 Å². The molecule has 92 valence electrons. The molecule has 0 bridgehead atoms. The van der Waals surface area contributed by atoms with Gasteiger partial charge in [-0.2, -0.15) is 0 Å². The molecule has 1 heterocycles. The zero-order valence-corrected chi connectivity index (χ0v) is 10.9. The van der Waals surface area contributed by atoms with E-state index in [1.807, 2.05) is 24.3 Å². The molecule has 18 heavy (non-hydrogen) atoms. The summed E-state index contributed by atoms with van der Waals surface area (Å²) in [6, 6.07) is 7.93. The Morgan fingerprint density at radius 3 is 2.44 bits per heavy atom. The van der Waals surface area contributed by atoms with Gasteiger partial charge in [0.25, 0.3) is 11.1 Å². The summed E-state index contributed by atoms with van der Waals surface area (Å²) in [4.78, 5) is 24.8. The number of thioether (sulfide) groups is 1. The minimum Gasteiger partial charge on any atom is -0.268 e. The van der Waals surface area contributed by atoms with Gasteiger partial charge in [0.05, 0.1) is 4.91 Å². The molecule has 0 spiro atoms. The van der Waals surface area contributed by atoms with Crippen LogP contribution >= 0.6 is 11.8 Å². The van der Waals surface area contributed by atoms with Crippen LogP contribution in [0.2, 0.25) is 0 Å². The fourth-order valence-corrected chi connectivity index (χ4v) is 2.46. The van der Waals surface area contributed by atoms with E-state index in [0.29, 0.717) is 4.91 Å². The highest BCUT2D eigenvalue weighted by atomic mass is 32.2. The van der Waals surface area contributed by atoms with E-state index < -0.39 is 0 Å². The van der Waals surface area contributed by atoms with E-state index in [1.54, 1.807) is 6.08 Å². The molecule has 0 N–H and O–H groups in total. The Bertz CT molecular complexity index is 531. The molecule has 2 amide bonds. The molecule has 0 unspecified atom stereocenters. The van der Waals surface area contributed by atoms with Crippen molar-refractivity contribution in [2.75, 3.05) is 0 Å². The van der Waals surface area contributed by atoms with Gasteiger partial charge in [-0.1, -0.05) is 37.8 Å². The van der Waals surface area contributed by atoms with Gasteiger partial charge in [-0.05, 0) is 35.4 Å². The number of aryl methyl sites for hydroxylation is 1. The van der Waals surface area contributed by atoms with E-state index in [-0.39, 0.29) is 11.1 Å². The summed E-state index contributed by atoms with van der Waals surface area (Å²) in [5.74, 6) is -0.306. The van der Waals surface area contributed by atoms with Crippen LogP contribution in [0.3, 0.4) is 0 Å². The first-order chi connectivity index (χ1) is 8.65. The lowest BCUT2D eigenvalue weighted by Gasteiger charge is -2.02. The summed E-state index contributed by atoms with van der Waals surface area (Å²) >= 11 is 0.938. The van der Waals surface area contributed by atoms with Crippen LogP contribution in [-0.4, -0.2) is 16.0 Å². The molecular weight excluding hydrogens is 246 g/mol. The lowest BCUT2D eigenvalue weighted by molar-refractivity contribution is -0.120. The average molecular weight is 259 g/mol. The van der Waals surface area contributed by atoms with Crippen LogP contribution in [0.15, 0.2) is 41.9 Å². The molecule has 1 aliphatic rings. The fraction of sp³-hybridized carbons (Fsp3) is 0.143. The maximum Gasteiger partial charge on any atom is 0.297 e. The predicted molar refractivity (Wildman–Crippen MR) is 73.8 cm³/mol. The molecule has 1 fully saturated rings. The van der Waals surface area contributed by atoms with E-state index in [9.17, 15) is 9.59 Å². The molecule has 4 heteroatoms. The van der Waals surface area contributed by atoms with E-state index in [4.69, 9.17) is 0 Å². The zero-order valence-electron chi connectivity index (χ0n) is 10.1. The number of imide groups is 1. The number of carbonyl (C=O) groups is 2. The maximum atomic E-state index is 11.8. The summed E-state index contributed by atoms with van der Waals surface area (Å²) < 4.78 is 0. The normalized spacial score (nSPS) is 17.6. The van der Waals surface area contributed by atoms with Crippen molar-refractivity contribution in [2.24, 2.45) is 0 Å². The first kappa shape index (κ1) is 12.6. The molecule has 1 aromatic carbocycles. The van der Waals surface area contributed by atoms with Gasteiger partial charge in [-0.25, -0.2) is 4.90 Å². The Kier molecular flexibility index (Phi) is 3.67. The average Bonchev–Trinajstić information content (AvgIpc) is 2.65. The molecule has 1 aromatic rings. The second-order valence-electron chi connectivity index (χ2n) is 3.83. The summed E-state index contributed by atoms with van der Waals surface area (Å²) in [5.41, 5.74) is 2.16. The summed E-state index contributed by atoms with van der Waals surface area (Å²) in [7, 11) is 0. The highest BCUT2D eigenvalue weighted by molar-refractivity contribution is 8.18. The van der Waals surface area contributed by atoms with Gasteiger partial charge in [0.2, 0.25) is 0 Å². The molecule has 2 rings (SSSR count). The Balaban J connectivity index is 2.26. The quantitative estimate of drug-likeness (QED) is 0.780. The van der Waals surface area contributed by atoms with Crippen LogP contribution in [0.4, 0.5) is 4.79 Å². The highest BCUT2D eigenvalue weighted by Gasteiger charge is 2.33. The summed E-state index contributed by atoms with van der Waals surface area (Å²) in [5, 5.41) is -0.300. The zero-order chi connectivity index (χ0) is 13.1. The van der Waals surface area contributed by atoms with Gasteiger partial charge < -0.3 is 0 Å². The standard InChI is InChI=1S/C14H13NO2S/c1-3-10-5-7-11(8-6-10)9-12-13(16)15(4-2)14(17)18-12/h4-9H,2-3H2,1H3/b12-9+. The fourth-order valence-electron chi connectivity index (χ4n) is 1.64. The highest BCUT2D eigenvalue weighted by Crippen LogP contribution is 2.32. The monoisotopic (exact) mass is 259 g/mol. The smallest absolute Gasteiger partial charge is 0.268 e. The number of rotatable bonds is 3. The van der Waals surface area contributed by atoms with Crippen molar-refractivity contribution >= 4 is 29.0 Å². The SMILES string of the molecule is C=CN1C(=O)S/C(=C/c2ccc(CC)cc2)C1=O. The number of carbonyl (C=O) groups excluding carboxylic acids is 2. The third-order valence-corrected chi connectivity index (χ3v) is 3.58. The third-order valence-electron chi connectivity index (χ3n) is 2.69. The van der Waals surface area contributed by atoms with Crippen LogP contribution in [0.25, 0.3) is 6.08 Å². The third kappa shape index (κ3) is 2.38. The summed E-state index contributed by atoms with van der Waals surface area (Å²) in [6.07, 6.45) is 3.96. The van der Waals surface area contributed by atoms with Gasteiger partial charge in [0, 0.05) is 6.20 Å². The van der Waals surface area contributed by atoms with Crippen molar-refractivity contribution in [2.45, 2.75) is 13.3 Å². The van der Waals surface area contributed by atoms with Gasteiger partial charge in [0.15, 0.2) is 0 Å². The summed E-state index contributed by atoms with van der Waals surface area (Å²) in [6.45, 7) is 5.54. The van der Waals surface area contributed by atoms with Crippen LogP contribution in [-0.2, 0) is 11.2 Å². The maximum absolute atomic E-state index is 11.8. The van der Waals surface area contributed by atoms with Crippen LogP contribution in [0.1, 0.15) is 18.1 Å². The van der Waals surface area contributed by atoms with Crippen molar-refractivity contribution in [3.8, 4) is 0 Å². The molecular formula is C14H13NO2S. The Labute approximate surface area is 110 Å². The number of nitrogens with zero attached hydrogens (tertiary/aromatic N) is 1. The minimum absolute atomic E-state index is 0.300. The van der Waals surface area contributed by atoms with E-state index in [2.05, 4.69) is 13.5 Å². The van der Waals surface area contributed by atoms with Crippen molar-refractivity contribution < 1.29 is 9.59 Å². The van der Waals surface area contributed by atoms with Gasteiger partial charge in [-0.3, -0.25) is 9.59 Å². The number of hydrogen-bond acceptors (Lipinski definition) is 3. The van der Waals surface area contributed by atoms with Crippen molar-refractivity contribution in [3.05, 3.63) is 53.1 Å². The molecule has 3 nitrogen and oxygen atoms in total. The van der Waals surface area contributed by atoms with Gasteiger partial charge in [-0.15, -0.1) is 0 Å². The van der Waals surface area contributed by atoms with Gasteiger partial charge in [0.1, 0.15) is 0 Å². The number of benzene rings is 1. The van der Waals surface area contributed by atoms with Crippen molar-refractivity contribution in [3.63, 3.8) is 0 Å². The Morgan fingerprint density at radius 1 is 1.28 bits per heavy atom. The molecule has 0 radical (unpaired) electrons. The molecule has 0 aromatic heterocycles. The molecule has 0 atom stereocenters. The lowest BCUT2D eigenvalue weighted by atomic mass is 10.1. The second kappa shape index (κ2) is 5.23. The predicted octanol–water partition coefficient (Wildman–Crippen LogP) is 3.43. The molecule has 1 saturated heterocycles.